The van der Waals surface area contributed by atoms with Crippen LogP contribution in [0.15, 0.2) is 165 Å². The summed E-state index contributed by atoms with van der Waals surface area (Å²) in [5, 5.41) is 49.8. The summed E-state index contributed by atoms with van der Waals surface area (Å²) >= 11 is 19.2. The molecule has 10 heterocycles. The van der Waals surface area contributed by atoms with Crippen LogP contribution in [0.1, 0.15) is 157 Å². The van der Waals surface area contributed by atoms with Gasteiger partial charge in [-0.25, -0.2) is 37.7 Å². The van der Waals surface area contributed by atoms with Crippen molar-refractivity contribution >= 4 is 125 Å². The van der Waals surface area contributed by atoms with Gasteiger partial charge in [0.25, 0.3) is 0 Å². The molecule has 0 atom stereocenters. The molecule has 2 aliphatic heterocycles. The third-order valence-corrected chi connectivity index (χ3v) is 26.1. The van der Waals surface area contributed by atoms with E-state index in [-0.39, 0.29) is 76.8 Å². The molecule has 6 aliphatic carbocycles. The molecule has 6 amide bonds. The lowest BCUT2D eigenvalue weighted by molar-refractivity contribution is -0.137. The van der Waals surface area contributed by atoms with Gasteiger partial charge in [-0.2, -0.15) is 39.5 Å². The summed E-state index contributed by atoms with van der Waals surface area (Å²) < 4.78 is 133. The fraction of sp³-hybridized carbons (Fsp3) is 0.333. The maximum absolute atomic E-state index is 13.6. The van der Waals surface area contributed by atoms with E-state index in [1.807, 2.05) is 56.5 Å². The van der Waals surface area contributed by atoms with E-state index in [1.165, 1.54) is 81.9 Å². The molecule has 0 spiro atoms. The number of allylic oxidation sites excluding steroid dienone is 1. The number of fused-ring (bicyclic) bond motifs is 6. The Labute approximate surface area is 839 Å². The number of amides is 6. The zero-order chi connectivity index (χ0) is 101. The van der Waals surface area contributed by atoms with Crippen LogP contribution in [0.4, 0.5) is 49.1 Å². The Morgan fingerprint density at radius 3 is 1.00 bits per heavy atom. The van der Waals surface area contributed by atoms with Gasteiger partial charge in [0.2, 0.25) is 11.8 Å². The van der Waals surface area contributed by atoms with Gasteiger partial charge in [0.05, 0.1) is 54.7 Å². The summed E-state index contributed by atoms with van der Waals surface area (Å²) in [5.74, 6) is 37.1. The number of aromatic nitrogens is 20. The quantitative estimate of drug-likeness (QED) is 0.0376. The molecule has 2 saturated heterocycles. The molecule has 0 unspecified atom stereocenters. The lowest BCUT2D eigenvalue weighted by Gasteiger charge is -2.13. The normalized spacial score (nSPS) is 15.4. The minimum Gasteiger partial charge on any atom is -0.315 e. The fourth-order valence-corrected chi connectivity index (χ4v) is 16.7. The molecule has 0 N–H and O–H groups in total. The summed E-state index contributed by atoms with van der Waals surface area (Å²) in [7, 11) is 2.97. The molecule has 23 rings (SSSR count). The van der Waals surface area contributed by atoms with Crippen LogP contribution < -0.4 is 0 Å². The number of carbonyl (C=O) groups excluding carboxylic acids is 4. The first kappa shape index (κ1) is 99.6. The fourth-order valence-electron chi connectivity index (χ4n) is 16.0. The number of urea groups is 2. The number of alkyl halides is 9. The second-order valence-electron chi connectivity index (χ2n) is 36.3. The molecule has 8 aromatic heterocycles. The topological polar surface area (TPSA) is 291 Å². The van der Waals surface area contributed by atoms with Gasteiger partial charge in [0.15, 0.2) is 0 Å². The molecular formula is C105H88Cl3F9N24O4. The van der Waals surface area contributed by atoms with Crippen LogP contribution in [0.25, 0.3) is 66.2 Å². The van der Waals surface area contributed by atoms with Crippen molar-refractivity contribution in [2.75, 3.05) is 40.3 Å². The number of hydrogen-bond acceptors (Lipinski definition) is 18. The summed E-state index contributed by atoms with van der Waals surface area (Å²) in [6.07, 6.45) is 9.49. The van der Waals surface area contributed by atoms with Crippen molar-refractivity contribution in [2.45, 2.75) is 148 Å². The lowest BCUT2D eigenvalue weighted by Crippen LogP contribution is -2.30. The average Bonchev–Trinajstić information content (AvgIpc) is 1.61. The highest BCUT2D eigenvalue weighted by Crippen LogP contribution is 2.44. The first-order valence-electron chi connectivity index (χ1n) is 46.9. The second-order valence-corrected chi connectivity index (χ2v) is 37.4. The molecule has 8 aliphatic rings. The number of carbonyl (C=O) groups is 4. The number of likely N-dealkylation sites (N-methyl/N-ethyl adjacent to an activating group) is 2. The zero-order valence-corrected chi connectivity index (χ0v) is 80.3. The molecule has 145 heavy (non-hydrogen) atoms. The highest BCUT2D eigenvalue weighted by molar-refractivity contribution is 6.37. The van der Waals surface area contributed by atoms with Crippen molar-refractivity contribution in [3.63, 3.8) is 0 Å². The van der Waals surface area contributed by atoms with Crippen molar-refractivity contribution in [3.8, 4) is 71.0 Å². The molecule has 0 bridgehead atoms. The monoisotopic (exact) mass is 2020 g/mol. The molecule has 6 saturated carbocycles. The molecule has 15 aromatic rings. The molecule has 8 fully saturated rings. The van der Waals surface area contributed by atoms with Gasteiger partial charge in [-0.15, -0.1) is 30.6 Å². The van der Waals surface area contributed by atoms with Crippen LogP contribution in [0.2, 0.25) is 15.1 Å². The summed E-state index contributed by atoms with van der Waals surface area (Å²) in [4.78, 5) is 59.5. The van der Waals surface area contributed by atoms with Crippen LogP contribution in [-0.4, -0.2) is 184 Å². The number of unbranched alkanes of at least 4 members (excludes halogenated alkanes) is 1. The SMILES string of the molecule is C=CC#Cc1ccc2c(nnn2CC2CC2)c1Cl.CN1C(=O)CN(CC#Cc2ccc3c(nnn3CC3CC3)c2Cl)C1=O.CN1C(=O)CN(CCCC#Cc2ccc3c(nnn3CC3CC3)c2Cl)C1=O.FC(F)(F)c1c(C#Cc2ccccc2)ccc2c1nnn2CC1CC1.FC(F)(F)c1c(C#Cc2cccnc2)ccc2c1nnn2CC1CC1.FC(F)(F)c1c(C#Cc2ccncc2)ccc2c1nnn2CC1CC1. The van der Waals surface area contributed by atoms with Crippen molar-refractivity contribution in [1.82, 2.24) is 120 Å². The highest BCUT2D eigenvalue weighted by Gasteiger charge is 2.42. The van der Waals surface area contributed by atoms with Gasteiger partial charge < -0.3 is 9.80 Å². The highest BCUT2D eigenvalue weighted by atomic mass is 35.5. The third-order valence-electron chi connectivity index (χ3n) is 25.0. The maximum Gasteiger partial charge on any atom is 0.419 e. The van der Waals surface area contributed by atoms with E-state index >= 15 is 0 Å². The molecule has 40 heteroatoms. The van der Waals surface area contributed by atoms with E-state index < -0.39 is 35.2 Å². The van der Waals surface area contributed by atoms with E-state index in [9.17, 15) is 58.7 Å². The maximum atomic E-state index is 13.6. The van der Waals surface area contributed by atoms with E-state index in [2.05, 4.69) is 149 Å². The Bertz CT molecular complexity index is 7510. The predicted octanol–water partition coefficient (Wildman–Crippen LogP) is 18.9. The van der Waals surface area contributed by atoms with E-state index in [0.29, 0.717) is 134 Å². The summed E-state index contributed by atoms with van der Waals surface area (Å²) in [6.45, 7) is 9.00. The van der Waals surface area contributed by atoms with Gasteiger partial charge in [-0.3, -0.25) is 29.4 Å². The standard InChI is InChI=1S/C19H20ClN5O2.C19H14F3N3.2C18H13F3N4.C17H16ClN5O2.C14H12ClN3/c1-23-16(26)12-24(19(23)27)10-4-2-3-5-14-8-9-15-18(17(14)20)21-22-25(15)11-13-6-7-13;20-19(21,22)17-15(9-8-13-4-2-1-3-5-13)10-11-16-18(17)23-24-25(16)12-14-6-7-14;19-18(20,21)16-14(4-3-12-7-9-22-10-8-12)5-6-15-17(16)23-24-25(15)11-13-1-2-13;19-18(20,21)16-14(6-5-12-2-1-9-22-10-12)7-8-15-17(16)23-24-25(15)11-13-3-4-13;1-21-14(24)10-22(17(21)25)8-2-3-12-6-7-13-16(15(12)18)19-20-23(13)9-11-4-5-11;1-2-3-4-11-7-8-12-14(13(11)15)16-17-18(12)9-10-5-6-10/h8-9,13H,2,4,6-7,10-12H2,1H3;1-5,10-11,14H,6-7,12H2;5-10,13H,1-2,11H2;1-2,7-10,13H,3-4,11H2;6-7,11H,4-5,8-10H2,1H3;2,7-8,10H,1,5-6,9H2. The smallest absolute Gasteiger partial charge is 0.315 e. The Kier molecular flexibility index (Phi) is 29.8. The molecular weight excluding hydrogens is 1940 g/mol. The van der Waals surface area contributed by atoms with Crippen LogP contribution in [0.5, 0.6) is 0 Å². The Hall–Kier alpha value is -15.5. The minimum absolute atomic E-state index is 0.0618. The minimum atomic E-state index is -4.56. The Balaban J connectivity index is 0.000000115. The average molecular weight is 2030 g/mol. The van der Waals surface area contributed by atoms with Crippen molar-refractivity contribution in [3.05, 3.63) is 247 Å². The first-order chi connectivity index (χ1) is 69.9. The van der Waals surface area contributed by atoms with Crippen molar-refractivity contribution in [1.29, 1.82) is 0 Å². The Morgan fingerprint density at radius 2 is 0.669 bits per heavy atom. The van der Waals surface area contributed by atoms with Gasteiger partial charge in [0.1, 0.15) is 62.9 Å². The third kappa shape index (κ3) is 24.5. The second kappa shape index (κ2) is 43.3. The van der Waals surface area contributed by atoms with Gasteiger partial charge >= 0.3 is 30.6 Å². The van der Waals surface area contributed by atoms with Crippen LogP contribution in [-0.2, 0) is 67.4 Å². The first-order valence-corrected chi connectivity index (χ1v) is 48.1. The van der Waals surface area contributed by atoms with Gasteiger partial charge in [-0.05, 0) is 234 Å². The van der Waals surface area contributed by atoms with Gasteiger partial charge in [0, 0.05) is 141 Å². The number of nitrogens with zero attached hydrogens (tertiary/aromatic N) is 24. The summed E-state index contributed by atoms with van der Waals surface area (Å²) in [5.41, 5.74) is 6.85. The van der Waals surface area contributed by atoms with E-state index in [1.54, 1.807) is 110 Å². The Morgan fingerprint density at radius 1 is 0.352 bits per heavy atom. The van der Waals surface area contributed by atoms with E-state index in [4.69, 9.17) is 34.8 Å². The number of halogens is 12. The van der Waals surface area contributed by atoms with Gasteiger partial charge in [-0.1, -0.05) is 162 Å². The number of benzene rings is 7. The summed E-state index contributed by atoms with van der Waals surface area (Å²) in [6, 6.07) is 35.6. The van der Waals surface area contributed by atoms with Crippen LogP contribution in [0, 0.1) is 107 Å². The largest absolute Gasteiger partial charge is 0.419 e. The predicted molar refractivity (Wildman–Crippen MR) is 524 cm³/mol. The lowest BCUT2D eigenvalue weighted by atomic mass is 10.0. The van der Waals surface area contributed by atoms with Crippen molar-refractivity contribution < 1.29 is 58.7 Å². The number of pyridine rings is 2. The molecule has 28 nitrogen and oxygen atoms in total. The number of hydrogen-bond donors (Lipinski definition) is 0. The molecule has 0 radical (unpaired) electrons. The molecule has 7 aromatic carbocycles. The number of rotatable bonds is 16. The van der Waals surface area contributed by atoms with Crippen LogP contribution in [0.3, 0.4) is 0 Å². The molecule has 736 valence electrons. The van der Waals surface area contributed by atoms with Crippen molar-refractivity contribution in [2.24, 2.45) is 35.5 Å². The zero-order valence-electron chi connectivity index (χ0n) is 78.1. The number of imide groups is 2. The van der Waals surface area contributed by atoms with Crippen LogP contribution >= 0.6 is 34.8 Å². The van der Waals surface area contributed by atoms with E-state index in [0.717, 1.165) is 107 Å².